The van der Waals surface area contributed by atoms with E-state index in [0.717, 1.165) is 0 Å². The van der Waals surface area contributed by atoms with Crippen molar-refractivity contribution in [3.8, 4) is 0 Å². The lowest BCUT2D eigenvalue weighted by atomic mass is 10.1. The van der Waals surface area contributed by atoms with Gasteiger partial charge in [-0.2, -0.15) is 0 Å². The summed E-state index contributed by atoms with van der Waals surface area (Å²) in [6.45, 7) is 2.05. The van der Waals surface area contributed by atoms with Crippen molar-refractivity contribution in [3.05, 3.63) is 59.9 Å². The summed E-state index contributed by atoms with van der Waals surface area (Å²) in [5.41, 5.74) is 7.32. The van der Waals surface area contributed by atoms with Crippen molar-refractivity contribution in [1.29, 1.82) is 0 Å². The third kappa shape index (κ3) is 3.31. The van der Waals surface area contributed by atoms with Crippen molar-refractivity contribution in [2.45, 2.75) is 0 Å². The Morgan fingerprint density at radius 2 is 1.48 bits per heavy atom. The Kier molecular flexibility index (Phi) is 4.23. The first-order valence-corrected chi connectivity index (χ1v) is 7.50. The topological polar surface area (TPSA) is 79.5 Å². The smallest absolute Gasteiger partial charge is 0.272 e. The molecule has 6 nitrogen and oxygen atoms in total. The molecule has 3 rings (SSSR count). The van der Waals surface area contributed by atoms with Gasteiger partial charge in [0.15, 0.2) is 0 Å². The molecule has 0 unspecified atom stereocenters. The summed E-state index contributed by atoms with van der Waals surface area (Å²) in [6, 6.07) is 12.2. The van der Waals surface area contributed by atoms with E-state index in [1.54, 1.807) is 58.5 Å². The van der Waals surface area contributed by atoms with E-state index in [-0.39, 0.29) is 11.8 Å². The molecule has 1 aromatic carbocycles. The minimum absolute atomic E-state index is 0.0325. The van der Waals surface area contributed by atoms with Crippen molar-refractivity contribution in [1.82, 2.24) is 14.8 Å². The Bertz CT molecular complexity index is 692. The average molecular weight is 310 g/mol. The highest BCUT2D eigenvalue weighted by atomic mass is 16.2. The molecular weight excluding hydrogens is 292 g/mol. The van der Waals surface area contributed by atoms with E-state index in [9.17, 15) is 9.59 Å². The summed E-state index contributed by atoms with van der Waals surface area (Å²) in [5, 5.41) is 0. The van der Waals surface area contributed by atoms with Gasteiger partial charge in [-0.25, -0.2) is 0 Å². The second kappa shape index (κ2) is 6.48. The molecule has 0 saturated carbocycles. The number of nitrogens with two attached hydrogens (primary N) is 1. The van der Waals surface area contributed by atoms with Gasteiger partial charge < -0.3 is 15.5 Å². The van der Waals surface area contributed by atoms with Gasteiger partial charge in [0.25, 0.3) is 11.8 Å². The third-order valence-corrected chi connectivity index (χ3v) is 3.90. The van der Waals surface area contributed by atoms with E-state index in [0.29, 0.717) is 43.1 Å². The number of rotatable bonds is 2. The van der Waals surface area contributed by atoms with Crippen molar-refractivity contribution >= 4 is 17.5 Å². The molecule has 0 aliphatic carbocycles. The number of piperazine rings is 1. The number of benzene rings is 1. The zero-order valence-electron chi connectivity index (χ0n) is 12.7. The molecule has 2 heterocycles. The monoisotopic (exact) mass is 310 g/mol. The lowest BCUT2D eigenvalue weighted by Crippen LogP contribution is -2.50. The van der Waals surface area contributed by atoms with Crippen LogP contribution in [0.2, 0.25) is 0 Å². The van der Waals surface area contributed by atoms with Crippen LogP contribution in [0.15, 0.2) is 48.7 Å². The standard InChI is InChI=1S/C17H18N4O2/c18-14-6-4-13(5-7-14)16(22)20-9-11-21(12-10-20)17(23)15-3-1-2-8-19-15/h1-8H,9-12,18H2. The van der Waals surface area contributed by atoms with Crippen molar-refractivity contribution in [2.75, 3.05) is 31.9 Å². The van der Waals surface area contributed by atoms with E-state index in [1.807, 2.05) is 0 Å². The van der Waals surface area contributed by atoms with Gasteiger partial charge in [0.1, 0.15) is 5.69 Å². The van der Waals surface area contributed by atoms with Crippen molar-refractivity contribution in [3.63, 3.8) is 0 Å². The maximum absolute atomic E-state index is 12.4. The predicted octanol–water partition coefficient (Wildman–Crippen LogP) is 1.26. The molecule has 1 aliphatic heterocycles. The minimum Gasteiger partial charge on any atom is -0.399 e. The van der Waals surface area contributed by atoms with E-state index in [1.165, 1.54) is 0 Å². The van der Waals surface area contributed by atoms with Crippen LogP contribution in [-0.2, 0) is 0 Å². The van der Waals surface area contributed by atoms with E-state index in [4.69, 9.17) is 5.73 Å². The van der Waals surface area contributed by atoms with Gasteiger partial charge in [0.05, 0.1) is 0 Å². The van der Waals surface area contributed by atoms with Gasteiger partial charge in [-0.15, -0.1) is 0 Å². The van der Waals surface area contributed by atoms with Crippen LogP contribution < -0.4 is 5.73 Å². The molecule has 23 heavy (non-hydrogen) atoms. The summed E-state index contributed by atoms with van der Waals surface area (Å²) in [7, 11) is 0. The van der Waals surface area contributed by atoms with Crippen LogP contribution in [0, 0.1) is 0 Å². The van der Waals surface area contributed by atoms with Crippen LogP contribution in [-0.4, -0.2) is 52.8 Å². The van der Waals surface area contributed by atoms with Crippen LogP contribution in [0.5, 0.6) is 0 Å². The van der Waals surface area contributed by atoms with Gasteiger partial charge in [-0.3, -0.25) is 14.6 Å². The maximum Gasteiger partial charge on any atom is 0.272 e. The minimum atomic E-state index is -0.0924. The molecule has 0 radical (unpaired) electrons. The molecule has 6 heteroatoms. The third-order valence-electron chi connectivity index (χ3n) is 3.90. The van der Waals surface area contributed by atoms with Crippen LogP contribution in [0.25, 0.3) is 0 Å². The first-order chi connectivity index (χ1) is 11.1. The number of carbonyl (C=O) groups is 2. The molecule has 1 saturated heterocycles. The fraction of sp³-hybridized carbons (Fsp3) is 0.235. The molecule has 118 valence electrons. The van der Waals surface area contributed by atoms with Gasteiger partial charge in [-0.05, 0) is 36.4 Å². The van der Waals surface area contributed by atoms with Crippen LogP contribution in [0.3, 0.4) is 0 Å². The largest absolute Gasteiger partial charge is 0.399 e. The summed E-state index contributed by atoms with van der Waals surface area (Å²) >= 11 is 0. The maximum atomic E-state index is 12.4. The van der Waals surface area contributed by atoms with Crippen LogP contribution in [0.1, 0.15) is 20.8 Å². The SMILES string of the molecule is Nc1ccc(C(=O)N2CCN(C(=O)c3ccccn3)CC2)cc1. The van der Waals surface area contributed by atoms with Crippen LogP contribution >= 0.6 is 0 Å². The number of nitrogens with zero attached hydrogens (tertiary/aromatic N) is 3. The highest BCUT2D eigenvalue weighted by Gasteiger charge is 2.25. The summed E-state index contributed by atoms with van der Waals surface area (Å²) in [4.78, 5) is 32.3. The number of carbonyl (C=O) groups excluding carboxylic acids is 2. The number of amides is 2. The quantitative estimate of drug-likeness (QED) is 0.847. The normalized spacial score (nSPS) is 14.6. The highest BCUT2D eigenvalue weighted by Crippen LogP contribution is 2.12. The molecular formula is C17H18N4O2. The molecule has 1 aliphatic rings. The fourth-order valence-electron chi connectivity index (χ4n) is 2.57. The summed E-state index contributed by atoms with van der Waals surface area (Å²) in [5.74, 6) is -0.125. The second-order valence-electron chi connectivity index (χ2n) is 5.42. The highest BCUT2D eigenvalue weighted by molar-refractivity contribution is 5.95. The zero-order chi connectivity index (χ0) is 16.2. The van der Waals surface area contributed by atoms with E-state index >= 15 is 0 Å². The first-order valence-electron chi connectivity index (χ1n) is 7.50. The van der Waals surface area contributed by atoms with Gasteiger partial charge in [-0.1, -0.05) is 6.07 Å². The molecule has 1 aromatic heterocycles. The molecule has 2 amide bonds. The molecule has 0 spiro atoms. The Morgan fingerprint density at radius 1 is 0.870 bits per heavy atom. The second-order valence-corrected chi connectivity index (χ2v) is 5.42. The Balaban J connectivity index is 1.61. The lowest BCUT2D eigenvalue weighted by Gasteiger charge is -2.34. The number of nitrogen functional groups attached to an aromatic ring is 1. The molecule has 1 fully saturated rings. The molecule has 2 N–H and O–H groups in total. The van der Waals surface area contributed by atoms with Crippen molar-refractivity contribution in [2.24, 2.45) is 0 Å². The molecule has 0 bridgehead atoms. The Hall–Kier alpha value is -2.89. The van der Waals surface area contributed by atoms with Gasteiger partial charge >= 0.3 is 0 Å². The molecule has 0 atom stereocenters. The molecule has 2 aromatic rings. The average Bonchev–Trinajstić information content (AvgIpc) is 2.62. The summed E-state index contributed by atoms with van der Waals surface area (Å²) in [6.07, 6.45) is 1.61. The number of hydrogen-bond acceptors (Lipinski definition) is 4. The number of anilines is 1. The predicted molar refractivity (Wildman–Crippen MR) is 86.9 cm³/mol. The number of aromatic nitrogens is 1. The van der Waals surface area contributed by atoms with Gasteiger partial charge in [0.2, 0.25) is 0 Å². The number of hydrogen-bond donors (Lipinski definition) is 1. The number of pyridine rings is 1. The van der Waals surface area contributed by atoms with Gasteiger partial charge in [0, 0.05) is 43.6 Å². The first kappa shape index (κ1) is 15.0. The lowest BCUT2D eigenvalue weighted by molar-refractivity contribution is 0.0532. The van der Waals surface area contributed by atoms with E-state index < -0.39 is 0 Å². The van der Waals surface area contributed by atoms with E-state index in [2.05, 4.69) is 4.98 Å². The van der Waals surface area contributed by atoms with Crippen LogP contribution in [0.4, 0.5) is 5.69 Å². The summed E-state index contributed by atoms with van der Waals surface area (Å²) < 4.78 is 0. The zero-order valence-corrected chi connectivity index (χ0v) is 12.7. The fourth-order valence-corrected chi connectivity index (χ4v) is 2.57. The van der Waals surface area contributed by atoms with Crippen molar-refractivity contribution < 1.29 is 9.59 Å². The Labute approximate surface area is 134 Å². The Morgan fingerprint density at radius 3 is 2.04 bits per heavy atom.